The van der Waals surface area contributed by atoms with Gasteiger partial charge in [-0.1, -0.05) is 50.4 Å². The Balaban J connectivity index is 1.25. The topological polar surface area (TPSA) is 100 Å². The van der Waals surface area contributed by atoms with E-state index in [0.717, 1.165) is 38.9 Å². The molecule has 1 spiro atoms. The summed E-state index contributed by atoms with van der Waals surface area (Å²) in [6.07, 6.45) is 6.76. The van der Waals surface area contributed by atoms with Gasteiger partial charge < -0.3 is 25.0 Å². The van der Waals surface area contributed by atoms with Crippen molar-refractivity contribution in [1.82, 2.24) is 15.1 Å². The SMILES string of the molecule is C[C@@H]1[C@H](C)CCC[C@@H]1NC(=O)[C@@H]1N(CCCN2CCOCC2)C(=O)[C@@H]2[C@H](C(=O)Nc3ccc(F)c(Cl)c3)[C@@H]3C=C[C@]21O3. The van der Waals surface area contributed by atoms with Gasteiger partial charge in [0.2, 0.25) is 17.7 Å². The molecule has 1 aromatic carbocycles. The Morgan fingerprint density at radius 1 is 1.14 bits per heavy atom. The molecule has 3 saturated heterocycles. The van der Waals surface area contributed by atoms with E-state index >= 15 is 0 Å². The predicted molar refractivity (Wildman–Crippen MR) is 155 cm³/mol. The number of halogens is 2. The number of ether oxygens (including phenoxy) is 2. The first-order valence-electron chi connectivity index (χ1n) is 15.2. The van der Waals surface area contributed by atoms with Gasteiger partial charge in [0.25, 0.3) is 0 Å². The van der Waals surface area contributed by atoms with Gasteiger partial charge in [-0.25, -0.2) is 4.39 Å². The Hall–Kier alpha value is -2.53. The third kappa shape index (κ3) is 5.25. The molecule has 6 rings (SSSR count). The van der Waals surface area contributed by atoms with Crippen LogP contribution in [0.2, 0.25) is 5.02 Å². The maximum Gasteiger partial charge on any atom is 0.246 e. The van der Waals surface area contributed by atoms with Gasteiger partial charge in [0.15, 0.2) is 0 Å². The van der Waals surface area contributed by atoms with Gasteiger partial charge >= 0.3 is 0 Å². The molecule has 0 aromatic heterocycles. The molecule has 4 heterocycles. The van der Waals surface area contributed by atoms with Gasteiger partial charge in [-0.15, -0.1) is 0 Å². The maximum atomic E-state index is 14.2. The van der Waals surface area contributed by atoms with Crippen molar-refractivity contribution in [3.63, 3.8) is 0 Å². The van der Waals surface area contributed by atoms with Crippen LogP contribution in [0.3, 0.4) is 0 Å². The Bertz CT molecular complexity index is 1260. The van der Waals surface area contributed by atoms with Gasteiger partial charge in [-0.3, -0.25) is 19.3 Å². The number of benzene rings is 1. The normalized spacial score (nSPS) is 35.9. The van der Waals surface area contributed by atoms with Crippen LogP contribution in [0.25, 0.3) is 0 Å². The molecule has 1 aliphatic carbocycles. The summed E-state index contributed by atoms with van der Waals surface area (Å²) in [5.41, 5.74) is -0.897. The highest BCUT2D eigenvalue weighted by atomic mass is 35.5. The van der Waals surface area contributed by atoms with Gasteiger partial charge in [-0.2, -0.15) is 0 Å². The minimum Gasteiger partial charge on any atom is -0.379 e. The molecule has 11 heteroatoms. The van der Waals surface area contributed by atoms with E-state index in [0.29, 0.717) is 43.7 Å². The number of anilines is 1. The summed E-state index contributed by atoms with van der Waals surface area (Å²) >= 11 is 5.93. The van der Waals surface area contributed by atoms with Crippen molar-refractivity contribution < 1.29 is 28.2 Å². The molecule has 3 amide bonds. The zero-order valence-electron chi connectivity index (χ0n) is 24.2. The lowest BCUT2D eigenvalue weighted by molar-refractivity contribution is -0.141. The van der Waals surface area contributed by atoms with Gasteiger partial charge in [-0.05, 0) is 42.9 Å². The summed E-state index contributed by atoms with van der Waals surface area (Å²) in [6.45, 7) is 8.61. The van der Waals surface area contributed by atoms with Crippen LogP contribution < -0.4 is 10.6 Å². The highest BCUT2D eigenvalue weighted by Gasteiger charge is 2.72. The number of nitrogens with zero attached hydrogens (tertiary/aromatic N) is 2. The molecule has 8 atom stereocenters. The molecule has 4 fully saturated rings. The Labute approximate surface area is 251 Å². The zero-order chi connectivity index (χ0) is 29.6. The summed E-state index contributed by atoms with van der Waals surface area (Å²) in [5, 5.41) is 5.98. The Morgan fingerprint density at radius 3 is 2.69 bits per heavy atom. The molecule has 228 valence electrons. The average molecular weight is 603 g/mol. The summed E-state index contributed by atoms with van der Waals surface area (Å²) in [7, 11) is 0. The van der Waals surface area contributed by atoms with Crippen molar-refractivity contribution in [3.8, 4) is 0 Å². The molecule has 9 nitrogen and oxygen atoms in total. The highest BCUT2D eigenvalue weighted by molar-refractivity contribution is 6.31. The quantitative estimate of drug-likeness (QED) is 0.443. The molecule has 0 radical (unpaired) electrons. The lowest BCUT2D eigenvalue weighted by Gasteiger charge is -2.38. The van der Waals surface area contributed by atoms with Crippen LogP contribution in [-0.2, 0) is 23.9 Å². The number of nitrogens with one attached hydrogen (secondary N) is 2. The number of likely N-dealkylation sites (tertiary alicyclic amines) is 1. The summed E-state index contributed by atoms with van der Waals surface area (Å²) in [6, 6.07) is 3.10. The first-order valence-corrected chi connectivity index (χ1v) is 15.6. The van der Waals surface area contributed by atoms with Crippen molar-refractivity contribution >= 4 is 35.0 Å². The number of morpholine rings is 1. The van der Waals surface area contributed by atoms with Crippen LogP contribution >= 0.6 is 11.6 Å². The summed E-state index contributed by atoms with van der Waals surface area (Å²) in [5.74, 6) is -2.34. The lowest BCUT2D eigenvalue weighted by Crippen LogP contribution is -2.58. The maximum absolute atomic E-state index is 14.2. The predicted octanol–water partition coefficient (Wildman–Crippen LogP) is 3.23. The largest absolute Gasteiger partial charge is 0.379 e. The Morgan fingerprint density at radius 2 is 1.93 bits per heavy atom. The van der Waals surface area contributed by atoms with Crippen molar-refractivity contribution in [3.05, 3.63) is 41.2 Å². The number of hydrogen-bond donors (Lipinski definition) is 2. The van der Waals surface area contributed by atoms with E-state index < -0.39 is 41.3 Å². The number of fused-ring (bicyclic) bond motifs is 1. The van der Waals surface area contributed by atoms with Crippen molar-refractivity contribution in [2.75, 3.05) is 44.7 Å². The number of carbonyl (C=O) groups is 3. The number of carbonyl (C=O) groups excluding carboxylic acids is 3. The third-order valence-electron chi connectivity index (χ3n) is 10.1. The fourth-order valence-corrected chi connectivity index (χ4v) is 7.82. The lowest BCUT2D eigenvalue weighted by atomic mass is 9.73. The van der Waals surface area contributed by atoms with Crippen molar-refractivity contribution in [2.45, 2.75) is 63.3 Å². The van der Waals surface area contributed by atoms with E-state index in [-0.39, 0.29) is 22.9 Å². The van der Waals surface area contributed by atoms with Crippen LogP contribution in [0, 0.1) is 29.5 Å². The molecule has 42 heavy (non-hydrogen) atoms. The standard InChI is InChI=1S/C31H40ClFN4O5/c1-18-5-3-6-23(19(18)2)35-29(39)27-31-10-9-24(42-31)25(28(38)34-20-7-8-22(33)21(32)17-20)26(31)30(40)37(27)12-4-11-36-13-15-41-16-14-36/h7-10,17-19,23-27H,3-6,11-16H2,1-2H3,(H,34,38)(H,35,39)/t18-,19-,23+,24+,25-,26+,27+,31+/m1/s1. The molecule has 0 unspecified atom stereocenters. The van der Waals surface area contributed by atoms with Crippen molar-refractivity contribution in [1.29, 1.82) is 0 Å². The molecule has 1 aromatic rings. The van der Waals surface area contributed by atoms with Crippen LogP contribution in [0.1, 0.15) is 39.5 Å². The van der Waals surface area contributed by atoms with Crippen molar-refractivity contribution in [2.24, 2.45) is 23.7 Å². The van der Waals surface area contributed by atoms with Gasteiger partial charge in [0.05, 0.1) is 36.2 Å². The molecule has 4 aliphatic heterocycles. The second-order valence-corrected chi connectivity index (χ2v) is 12.9. The van der Waals surface area contributed by atoms with E-state index in [2.05, 4.69) is 29.4 Å². The Kier molecular flexibility index (Phi) is 8.34. The number of amides is 3. The van der Waals surface area contributed by atoms with Crippen LogP contribution in [-0.4, -0.2) is 90.7 Å². The van der Waals surface area contributed by atoms with E-state index in [9.17, 15) is 18.8 Å². The third-order valence-corrected chi connectivity index (χ3v) is 10.4. The monoisotopic (exact) mass is 602 g/mol. The fourth-order valence-electron chi connectivity index (χ4n) is 7.64. The molecule has 2 bridgehead atoms. The zero-order valence-corrected chi connectivity index (χ0v) is 24.9. The molecule has 1 saturated carbocycles. The second kappa shape index (κ2) is 11.9. The average Bonchev–Trinajstić information content (AvgIpc) is 3.61. The van der Waals surface area contributed by atoms with Gasteiger partial charge in [0, 0.05) is 37.9 Å². The van der Waals surface area contributed by atoms with E-state index in [1.807, 2.05) is 6.08 Å². The minimum absolute atomic E-state index is 0.0203. The molecular formula is C31H40ClFN4O5. The summed E-state index contributed by atoms with van der Waals surface area (Å²) < 4.78 is 25.6. The van der Waals surface area contributed by atoms with E-state index in [4.69, 9.17) is 21.1 Å². The molecule has 2 N–H and O–H groups in total. The molecular weight excluding hydrogens is 563 g/mol. The number of rotatable bonds is 8. The number of hydrogen-bond acceptors (Lipinski definition) is 6. The highest BCUT2D eigenvalue weighted by Crippen LogP contribution is 2.55. The second-order valence-electron chi connectivity index (χ2n) is 12.5. The fraction of sp³-hybridized carbons (Fsp3) is 0.645. The summed E-state index contributed by atoms with van der Waals surface area (Å²) in [4.78, 5) is 45.9. The van der Waals surface area contributed by atoms with E-state index in [1.54, 1.807) is 11.0 Å². The van der Waals surface area contributed by atoms with Crippen LogP contribution in [0.4, 0.5) is 10.1 Å². The smallest absolute Gasteiger partial charge is 0.246 e. The minimum atomic E-state index is -1.23. The first kappa shape index (κ1) is 29.5. The van der Waals surface area contributed by atoms with E-state index in [1.165, 1.54) is 18.2 Å². The van der Waals surface area contributed by atoms with Gasteiger partial charge in [0.1, 0.15) is 17.5 Å². The van der Waals surface area contributed by atoms with Crippen LogP contribution in [0.5, 0.6) is 0 Å². The molecule has 5 aliphatic rings. The van der Waals surface area contributed by atoms with Crippen LogP contribution in [0.15, 0.2) is 30.4 Å². The first-order chi connectivity index (χ1) is 20.2.